The molecular formula is C13H21N5O. The van der Waals surface area contributed by atoms with Crippen LogP contribution >= 0.6 is 0 Å². The molecule has 0 bridgehead atoms. The highest BCUT2D eigenvalue weighted by Gasteiger charge is 2.01. The first-order valence-electron chi connectivity index (χ1n) is 6.07. The highest BCUT2D eigenvalue weighted by Crippen LogP contribution is 2.12. The van der Waals surface area contributed by atoms with E-state index >= 15 is 0 Å². The van der Waals surface area contributed by atoms with Crippen LogP contribution < -0.4 is 21.9 Å². The minimum atomic E-state index is -0.0568. The molecule has 0 aromatic heterocycles. The average Bonchev–Trinajstić information content (AvgIpc) is 2.36. The van der Waals surface area contributed by atoms with Crippen molar-refractivity contribution >= 4 is 12.2 Å². The molecule has 0 saturated heterocycles. The number of hydrogen-bond donors (Lipinski definition) is 3. The zero-order valence-electron chi connectivity index (χ0n) is 11.1. The summed E-state index contributed by atoms with van der Waals surface area (Å²) in [7, 11) is 1.72. The SMILES string of the molecule is CN=CC(N)Cc1ccc(OCCN=C(N)N)cc1. The van der Waals surface area contributed by atoms with E-state index in [2.05, 4.69) is 9.98 Å². The van der Waals surface area contributed by atoms with Gasteiger partial charge in [-0.05, 0) is 24.1 Å². The maximum Gasteiger partial charge on any atom is 0.186 e. The minimum Gasteiger partial charge on any atom is -0.492 e. The average molecular weight is 263 g/mol. The van der Waals surface area contributed by atoms with E-state index < -0.39 is 0 Å². The van der Waals surface area contributed by atoms with Gasteiger partial charge in [-0.3, -0.25) is 9.98 Å². The predicted molar refractivity (Wildman–Crippen MR) is 78.7 cm³/mol. The Hall–Kier alpha value is -2.08. The predicted octanol–water partition coefficient (Wildman–Crippen LogP) is -0.0908. The number of guanidine groups is 1. The van der Waals surface area contributed by atoms with E-state index in [4.69, 9.17) is 21.9 Å². The number of nitrogens with zero attached hydrogens (tertiary/aromatic N) is 2. The van der Waals surface area contributed by atoms with E-state index in [1.807, 2.05) is 24.3 Å². The highest BCUT2D eigenvalue weighted by atomic mass is 16.5. The quantitative estimate of drug-likeness (QED) is 0.362. The molecule has 0 aliphatic heterocycles. The molecule has 0 heterocycles. The molecule has 0 spiro atoms. The summed E-state index contributed by atoms with van der Waals surface area (Å²) in [4.78, 5) is 7.74. The second-order valence-electron chi connectivity index (χ2n) is 4.07. The lowest BCUT2D eigenvalue weighted by Crippen LogP contribution is -2.24. The van der Waals surface area contributed by atoms with Crippen molar-refractivity contribution in [2.75, 3.05) is 20.2 Å². The lowest BCUT2D eigenvalue weighted by molar-refractivity contribution is 0.328. The largest absolute Gasteiger partial charge is 0.492 e. The molecule has 1 unspecified atom stereocenters. The van der Waals surface area contributed by atoms with Crippen LogP contribution in [0.25, 0.3) is 0 Å². The fraction of sp³-hybridized carbons (Fsp3) is 0.385. The molecule has 0 amide bonds. The fourth-order valence-electron chi connectivity index (χ4n) is 1.58. The van der Waals surface area contributed by atoms with Crippen LogP contribution in [0.3, 0.4) is 0 Å². The van der Waals surface area contributed by atoms with Gasteiger partial charge in [-0.2, -0.15) is 0 Å². The van der Waals surface area contributed by atoms with Crippen LogP contribution in [0.2, 0.25) is 0 Å². The number of rotatable bonds is 7. The first-order valence-corrected chi connectivity index (χ1v) is 6.07. The number of ether oxygens (including phenoxy) is 1. The maximum atomic E-state index is 5.86. The van der Waals surface area contributed by atoms with Gasteiger partial charge in [0.2, 0.25) is 0 Å². The van der Waals surface area contributed by atoms with Crippen molar-refractivity contribution in [2.45, 2.75) is 12.5 Å². The smallest absolute Gasteiger partial charge is 0.186 e. The van der Waals surface area contributed by atoms with Gasteiger partial charge < -0.3 is 21.9 Å². The molecule has 1 aromatic rings. The fourth-order valence-corrected chi connectivity index (χ4v) is 1.58. The summed E-state index contributed by atoms with van der Waals surface area (Å²) in [6.07, 6.45) is 2.49. The van der Waals surface area contributed by atoms with Crippen molar-refractivity contribution < 1.29 is 4.74 Å². The van der Waals surface area contributed by atoms with Crippen molar-refractivity contribution in [3.63, 3.8) is 0 Å². The van der Waals surface area contributed by atoms with E-state index in [0.29, 0.717) is 13.2 Å². The lowest BCUT2D eigenvalue weighted by atomic mass is 10.1. The van der Waals surface area contributed by atoms with Crippen LogP contribution in [-0.2, 0) is 6.42 Å². The van der Waals surface area contributed by atoms with E-state index in [0.717, 1.165) is 17.7 Å². The van der Waals surface area contributed by atoms with Crippen LogP contribution in [0.5, 0.6) is 5.75 Å². The number of nitrogens with two attached hydrogens (primary N) is 3. The van der Waals surface area contributed by atoms with Crippen LogP contribution in [0, 0.1) is 0 Å². The molecule has 0 radical (unpaired) electrons. The lowest BCUT2D eigenvalue weighted by Gasteiger charge is -2.08. The van der Waals surface area contributed by atoms with E-state index in [9.17, 15) is 0 Å². The Balaban J connectivity index is 2.41. The Bertz CT molecular complexity index is 423. The van der Waals surface area contributed by atoms with Gasteiger partial charge in [-0.15, -0.1) is 0 Å². The summed E-state index contributed by atoms with van der Waals surface area (Å²) in [5.74, 6) is 0.859. The van der Waals surface area contributed by atoms with Crippen molar-refractivity contribution in [3.8, 4) is 5.75 Å². The summed E-state index contributed by atoms with van der Waals surface area (Å²) in [6.45, 7) is 0.890. The first kappa shape index (κ1) is 15.0. The maximum absolute atomic E-state index is 5.86. The third kappa shape index (κ3) is 6.42. The summed E-state index contributed by atoms with van der Waals surface area (Å²) in [6, 6.07) is 7.72. The number of benzene rings is 1. The molecule has 104 valence electrons. The number of aliphatic imine (C=N–C) groups is 2. The molecule has 0 aliphatic carbocycles. The monoisotopic (exact) mass is 263 g/mol. The number of hydrogen-bond acceptors (Lipinski definition) is 4. The minimum absolute atomic E-state index is 0.0568. The summed E-state index contributed by atoms with van der Waals surface area (Å²) in [5, 5.41) is 0. The van der Waals surface area contributed by atoms with Gasteiger partial charge >= 0.3 is 0 Å². The summed E-state index contributed by atoms with van der Waals surface area (Å²) >= 11 is 0. The zero-order chi connectivity index (χ0) is 14.1. The van der Waals surface area contributed by atoms with E-state index in [1.54, 1.807) is 13.3 Å². The van der Waals surface area contributed by atoms with Gasteiger partial charge in [-0.1, -0.05) is 12.1 Å². The molecule has 1 rings (SSSR count). The third-order valence-corrected chi connectivity index (χ3v) is 2.39. The van der Waals surface area contributed by atoms with Crippen molar-refractivity contribution in [1.82, 2.24) is 0 Å². The van der Waals surface area contributed by atoms with Gasteiger partial charge in [0.25, 0.3) is 0 Å². The zero-order valence-corrected chi connectivity index (χ0v) is 11.1. The van der Waals surface area contributed by atoms with Crippen LogP contribution in [0.1, 0.15) is 5.56 Å². The molecule has 1 atom stereocenters. The van der Waals surface area contributed by atoms with Crippen LogP contribution in [0.4, 0.5) is 0 Å². The second kappa shape index (κ2) is 8.10. The molecule has 6 heteroatoms. The molecule has 6 nitrogen and oxygen atoms in total. The van der Waals surface area contributed by atoms with Crippen molar-refractivity contribution in [2.24, 2.45) is 27.2 Å². The van der Waals surface area contributed by atoms with Crippen LogP contribution in [0.15, 0.2) is 34.3 Å². The molecular weight excluding hydrogens is 242 g/mol. The van der Waals surface area contributed by atoms with Gasteiger partial charge in [0.15, 0.2) is 5.96 Å². The molecule has 1 aromatic carbocycles. The van der Waals surface area contributed by atoms with E-state index in [1.165, 1.54) is 0 Å². The molecule has 19 heavy (non-hydrogen) atoms. The Labute approximate surface area is 113 Å². The Kier molecular flexibility index (Phi) is 6.38. The molecule has 0 fully saturated rings. The highest BCUT2D eigenvalue weighted by molar-refractivity contribution is 5.75. The standard InChI is InChI=1S/C13H21N5O/c1-17-9-11(14)8-10-2-4-12(5-3-10)19-7-6-18-13(15)16/h2-5,9,11H,6-8,14H2,1H3,(H4,15,16,18). The van der Waals surface area contributed by atoms with Gasteiger partial charge in [0.1, 0.15) is 12.4 Å². The Morgan fingerprint density at radius 3 is 2.58 bits per heavy atom. The first-order chi connectivity index (χ1) is 9.11. The molecule has 6 N–H and O–H groups in total. The second-order valence-corrected chi connectivity index (χ2v) is 4.07. The topological polar surface area (TPSA) is 112 Å². The third-order valence-electron chi connectivity index (χ3n) is 2.39. The van der Waals surface area contributed by atoms with Crippen molar-refractivity contribution in [3.05, 3.63) is 29.8 Å². The van der Waals surface area contributed by atoms with Gasteiger partial charge in [-0.25, -0.2) is 0 Å². The summed E-state index contributed by atoms with van der Waals surface area (Å²) in [5.41, 5.74) is 17.4. The Morgan fingerprint density at radius 2 is 2.00 bits per heavy atom. The molecule has 0 saturated carbocycles. The molecule has 0 aliphatic rings. The summed E-state index contributed by atoms with van der Waals surface area (Å²) < 4.78 is 5.49. The van der Waals surface area contributed by atoms with Gasteiger partial charge in [0.05, 0.1) is 6.54 Å². The van der Waals surface area contributed by atoms with Crippen molar-refractivity contribution in [1.29, 1.82) is 0 Å². The van der Waals surface area contributed by atoms with Gasteiger partial charge in [0, 0.05) is 19.3 Å². The normalized spacial score (nSPS) is 12.3. The van der Waals surface area contributed by atoms with Crippen LogP contribution in [-0.4, -0.2) is 38.4 Å². The van der Waals surface area contributed by atoms with E-state index in [-0.39, 0.29) is 12.0 Å². The Morgan fingerprint density at radius 1 is 1.32 bits per heavy atom.